The molecule has 0 radical (unpaired) electrons. The molecule has 148 valence electrons. The summed E-state index contributed by atoms with van der Waals surface area (Å²) in [5, 5.41) is 0. The Morgan fingerprint density at radius 2 is 1.78 bits per heavy atom. The van der Waals surface area contributed by atoms with E-state index in [0.29, 0.717) is 10.8 Å². The Morgan fingerprint density at radius 3 is 2.44 bits per heavy atom. The van der Waals surface area contributed by atoms with E-state index in [4.69, 9.17) is 5.73 Å². The topological polar surface area (TPSA) is 26.0 Å². The lowest BCUT2D eigenvalue weighted by Crippen LogP contribution is -2.45. The van der Waals surface area contributed by atoms with Crippen LogP contribution in [0, 0.1) is 34.5 Å². The van der Waals surface area contributed by atoms with E-state index in [0.717, 1.165) is 29.0 Å². The number of hydrogen-bond donors (Lipinski definition) is 1. The molecule has 0 amide bonds. The van der Waals surface area contributed by atoms with Gasteiger partial charge < -0.3 is 5.73 Å². The Hall–Kier alpha value is -1.42. The third kappa shape index (κ3) is 3.30. The van der Waals surface area contributed by atoms with Gasteiger partial charge in [-0.05, 0) is 97.3 Å². The highest BCUT2D eigenvalue weighted by Gasteiger charge is 2.57. The van der Waals surface area contributed by atoms with Gasteiger partial charge in [0.25, 0.3) is 0 Å². The lowest BCUT2D eigenvalue weighted by molar-refractivity contribution is -0.00852. The molecule has 3 aliphatic carbocycles. The molecule has 1 aromatic rings. The zero-order valence-electron chi connectivity index (χ0n) is 18.4. The van der Waals surface area contributed by atoms with E-state index in [1.54, 1.807) is 5.56 Å². The van der Waals surface area contributed by atoms with Crippen molar-refractivity contribution in [2.75, 3.05) is 5.73 Å². The number of nitrogens with two attached hydrogens (primary N) is 1. The average molecular weight is 366 g/mol. The van der Waals surface area contributed by atoms with Gasteiger partial charge in [0.2, 0.25) is 0 Å². The second-order valence-electron chi connectivity index (χ2n) is 10.0. The molecule has 1 nitrogen and oxygen atoms in total. The van der Waals surface area contributed by atoms with Crippen LogP contribution in [0.3, 0.4) is 0 Å². The highest BCUT2D eigenvalue weighted by atomic mass is 14.6. The van der Waals surface area contributed by atoms with E-state index >= 15 is 0 Å². The molecule has 2 N–H and O–H groups in total. The Balaban J connectivity index is 0.000000659. The first-order valence-electron chi connectivity index (χ1n) is 11.1. The van der Waals surface area contributed by atoms with Gasteiger partial charge in [-0.15, -0.1) is 5.92 Å². The van der Waals surface area contributed by atoms with Crippen LogP contribution in [-0.4, -0.2) is 0 Å². The zero-order valence-corrected chi connectivity index (χ0v) is 18.4. The number of rotatable bonds is 0. The van der Waals surface area contributed by atoms with Crippen LogP contribution in [0.25, 0.3) is 0 Å². The summed E-state index contributed by atoms with van der Waals surface area (Å²) >= 11 is 0. The second kappa shape index (κ2) is 7.54. The van der Waals surface area contributed by atoms with Crippen molar-refractivity contribution in [1.29, 1.82) is 0 Å². The molecule has 1 aromatic carbocycles. The predicted octanol–water partition coefficient (Wildman–Crippen LogP) is 6.94. The maximum Gasteiger partial charge on any atom is 0.0477 e. The summed E-state index contributed by atoms with van der Waals surface area (Å²) in [4.78, 5) is 0. The molecule has 1 heteroatoms. The third-order valence-electron chi connectivity index (χ3n) is 8.17. The lowest BCUT2D eigenvalue weighted by atomic mass is 9.51. The van der Waals surface area contributed by atoms with Crippen molar-refractivity contribution in [1.82, 2.24) is 0 Å². The summed E-state index contributed by atoms with van der Waals surface area (Å²) in [5.74, 6) is 8.74. The summed E-state index contributed by atoms with van der Waals surface area (Å²) in [7, 11) is 0. The number of fused-ring (bicyclic) bond motifs is 5. The van der Waals surface area contributed by atoms with Crippen molar-refractivity contribution in [2.24, 2.45) is 22.7 Å². The zero-order chi connectivity index (χ0) is 19.8. The molecule has 0 saturated heterocycles. The van der Waals surface area contributed by atoms with Gasteiger partial charge in [-0.25, -0.2) is 0 Å². The molecule has 0 spiro atoms. The van der Waals surface area contributed by atoms with E-state index in [1.807, 2.05) is 6.92 Å². The van der Waals surface area contributed by atoms with E-state index in [1.165, 1.54) is 50.5 Å². The van der Waals surface area contributed by atoms with Crippen molar-refractivity contribution in [3.8, 4) is 11.8 Å². The molecule has 0 heterocycles. The highest BCUT2D eigenvalue weighted by molar-refractivity contribution is 5.60. The molecule has 2 fully saturated rings. The first-order chi connectivity index (χ1) is 12.8. The minimum atomic E-state index is 0.503. The summed E-state index contributed by atoms with van der Waals surface area (Å²) in [6.07, 6.45) is 9.36. The summed E-state index contributed by atoms with van der Waals surface area (Å²) in [5.41, 5.74) is 12.2. The summed E-state index contributed by atoms with van der Waals surface area (Å²) < 4.78 is 0. The Morgan fingerprint density at radius 1 is 1.07 bits per heavy atom. The molecule has 0 aromatic heterocycles. The Labute approximate surface area is 167 Å². The molecular weight excluding hydrogens is 326 g/mol. The van der Waals surface area contributed by atoms with Gasteiger partial charge in [0.1, 0.15) is 0 Å². The second-order valence-corrected chi connectivity index (χ2v) is 10.0. The standard InChI is InChI=1S/C23H31N.C3H8/c1-5-6-16-13-19-15(14-21(16)24)7-8-18-17(19)9-12-23(4)20(18)10-11-22(23,2)3;1-3-2/h13-14,17-18,20H,7-12,24H2,1-4H3;3H2,1-2H3/t17?,18?,20?,23-;/m0./s1. The first kappa shape index (κ1) is 20.3. The molecule has 0 aliphatic heterocycles. The lowest BCUT2D eigenvalue weighted by Gasteiger charge is -2.53. The fraction of sp³-hybridized carbons (Fsp3) is 0.692. The minimum Gasteiger partial charge on any atom is -0.398 e. The molecule has 3 aliphatic rings. The predicted molar refractivity (Wildman–Crippen MR) is 118 cm³/mol. The number of benzene rings is 1. The molecule has 0 bridgehead atoms. The first-order valence-corrected chi connectivity index (χ1v) is 11.1. The van der Waals surface area contributed by atoms with Crippen LogP contribution < -0.4 is 5.73 Å². The van der Waals surface area contributed by atoms with Crippen LogP contribution in [0.4, 0.5) is 5.69 Å². The quantitative estimate of drug-likeness (QED) is 0.391. The van der Waals surface area contributed by atoms with Gasteiger partial charge in [0.05, 0.1) is 0 Å². The average Bonchev–Trinajstić information content (AvgIpc) is 2.86. The molecule has 27 heavy (non-hydrogen) atoms. The monoisotopic (exact) mass is 365 g/mol. The molecule has 3 unspecified atom stereocenters. The summed E-state index contributed by atoms with van der Waals surface area (Å²) in [6.45, 7) is 13.8. The smallest absolute Gasteiger partial charge is 0.0477 e. The van der Waals surface area contributed by atoms with Crippen molar-refractivity contribution < 1.29 is 0 Å². The number of anilines is 1. The van der Waals surface area contributed by atoms with Gasteiger partial charge >= 0.3 is 0 Å². The van der Waals surface area contributed by atoms with Crippen LogP contribution >= 0.6 is 0 Å². The van der Waals surface area contributed by atoms with Gasteiger partial charge in [-0.2, -0.15) is 0 Å². The molecule has 4 rings (SSSR count). The molecule has 2 saturated carbocycles. The van der Waals surface area contributed by atoms with Gasteiger partial charge in [-0.1, -0.05) is 47.0 Å². The third-order valence-corrected chi connectivity index (χ3v) is 8.17. The van der Waals surface area contributed by atoms with E-state index in [2.05, 4.69) is 58.6 Å². The molecule has 4 atom stereocenters. The van der Waals surface area contributed by atoms with Crippen molar-refractivity contribution in [2.45, 2.75) is 92.4 Å². The van der Waals surface area contributed by atoms with Gasteiger partial charge in [-0.3, -0.25) is 0 Å². The van der Waals surface area contributed by atoms with E-state index < -0.39 is 0 Å². The van der Waals surface area contributed by atoms with Crippen LogP contribution in [0.5, 0.6) is 0 Å². The normalized spacial score (nSPS) is 32.7. The van der Waals surface area contributed by atoms with Crippen LogP contribution in [0.2, 0.25) is 0 Å². The van der Waals surface area contributed by atoms with Gasteiger partial charge in [0, 0.05) is 11.3 Å². The maximum absolute atomic E-state index is 6.24. The highest BCUT2D eigenvalue weighted by Crippen LogP contribution is 2.67. The fourth-order valence-electron chi connectivity index (χ4n) is 6.38. The maximum atomic E-state index is 6.24. The summed E-state index contributed by atoms with van der Waals surface area (Å²) in [6, 6.07) is 4.55. The van der Waals surface area contributed by atoms with E-state index in [9.17, 15) is 0 Å². The Kier molecular flexibility index (Phi) is 5.67. The SMILES string of the molecule is CC#Cc1cc2c(cc1N)CCC1C2CC[C@@]2(C)C1CCC2(C)C.CCC. The Bertz CT molecular complexity index is 747. The fourth-order valence-corrected chi connectivity index (χ4v) is 6.38. The van der Waals surface area contributed by atoms with Crippen LogP contribution in [-0.2, 0) is 6.42 Å². The number of hydrogen-bond acceptors (Lipinski definition) is 1. The largest absolute Gasteiger partial charge is 0.398 e. The van der Waals surface area contributed by atoms with Crippen molar-refractivity contribution in [3.63, 3.8) is 0 Å². The van der Waals surface area contributed by atoms with Crippen molar-refractivity contribution >= 4 is 5.69 Å². The van der Waals surface area contributed by atoms with Crippen molar-refractivity contribution in [3.05, 3.63) is 28.8 Å². The van der Waals surface area contributed by atoms with Gasteiger partial charge in [0.15, 0.2) is 0 Å². The number of aryl methyl sites for hydroxylation is 1. The van der Waals surface area contributed by atoms with Crippen LogP contribution in [0.15, 0.2) is 12.1 Å². The number of nitrogen functional groups attached to an aromatic ring is 1. The minimum absolute atomic E-state index is 0.503. The molecular formula is C26H39N. The van der Waals surface area contributed by atoms with E-state index in [-0.39, 0.29) is 0 Å². The van der Waals surface area contributed by atoms with Crippen LogP contribution in [0.1, 0.15) is 103 Å².